The first kappa shape index (κ1) is 28.5. The van der Waals surface area contributed by atoms with Gasteiger partial charge in [-0.3, -0.25) is 13.9 Å². The lowest BCUT2D eigenvalue weighted by Crippen LogP contribution is -2.52. The number of amides is 2. The molecule has 0 fully saturated rings. The maximum atomic E-state index is 13.8. The van der Waals surface area contributed by atoms with E-state index in [1.165, 1.54) is 17.0 Å². The van der Waals surface area contributed by atoms with Crippen molar-refractivity contribution < 1.29 is 18.0 Å². The summed E-state index contributed by atoms with van der Waals surface area (Å²) in [7, 11) is -4.11. The Morgan fingerprint density at radius 3 is 1.97 bits per heavy atom. The van der Waals surface area contributed by atoms with Gasteiger partial charge < -0.3 is 10.2 Å². The highest BCUT2D eigenvalue weighted by molar-refractivity contribution is 7.92. The van der Waals surface area contributed by atoms with E-state index in [0.29, 0.717) is 23.0 Å². The first-order chi connectivity index (χ1) is 17.7. The van der Waals surface area contributed by atoms with E-state index < -0.39 is 28.5 Å². The van der Waals surface area contributed by atoms with E-state index >= 15 is 0 Å². The predicted octanol–water partition coefficient (Wildman–Crippen LogP) is 5.13. The van der Waals surface area contributed by atoms with E-state index in [0.717, 1.165) is 9.87 Å². The molecule has 0 spiro atoms. The molecule has 0 radical (unpaired) electrons. The molecule has 0 saturated carbocycles. The van der Waals surface area contributed by atoms with Gasteiger partial charge in [0, 0.05) is 23.1 Å². The highest BCUT2D eigenvalue weighted by Crippen LogP contribution is 2.26. The Bertz CT molecular complexity index is 1300. The van der Waals surface area contributed by atoms with Crippen molar-refractivity contribution in [2.75, 3.05) is 17.4 Å². The molecule has 0 unspecified atom stereocenters. The summed E-state index contributed by atoms with van der Waals surface area (Å²) >= 11 is 12.1. The minimum absolute atomic E-state index is 0.0396. The van der Waals surface area contributed by atoms with Crippen LogP contribution in [0.4, 0.5) is 5.69 Å². The van der Waals surface area contributed by atoms with Gasteiger partial charge in [-0.15, -0.1) is 0 Å². The second-order valence-corrected chi connectivity index (χ2v) is 11.0. The Morgan fingerprint density at radius 1 is 0.865 bits per heavy atom. The number of benzene rings is 3. The number of rotatable bonds is 11. The third-order valence-corrected chi connectivity index (χ3v) is 8.02. The van der Waals surface area contributed by atoms with Crippen LogP contribution in [0.3, 0.4) is 0 Å². The second kappa shape index (κ2) is 12.9. The Hall–Kier alpha value is -3.07. The summed E-state index contributed by atoms with van der Waals surface area (Å²) in [5.41, 5.74) is 1.03. The van der Waals surface area contributed by atoms with E-state index in [-0.39, 0.29) is 23.0 Å². The molecule has 0 aliphatic carbocycles. The van der Waals surface area contributed by atoms with Crippen LogP contribution in [0.2, 0.25) is 10.0 Å². The van der Waals surface area contributed by atoms with Crippen LogP contribution >= 0.6 is 23.2 Å². The lowest BCUT2D eigenvalue weighted by atomic mass is 10.1. The minimum Gasteiger partial charge on any atom is -0.355 e. The number of nitrogens with zero attached hydrogens (tertiary/aromatic N) is 2. The molecule has 10 heteroatoms. The molecule has 2 amide bonds. The molecule has 3 aromatic carbocycles. The smallest absolute Gasteiger partial charge is 0.264 e. The largest absolute Gasteiger partial charge is 0.355 e. The summed E-state index contributed by atoms with van der Waals surface area (Å²) < 4.78 is 28.4. The predicted molar refractivity (Wildman–Crippen MR) is 147 cm³/mol. The second-order valence-electron chi connectivity index (χ2n) is 8.27. The molecular weight excluding hydrogens is 533 g/mol. The average Bonchev–Trinajstić information content (AvgIpc) is 2.89. The van der Waals surface area contributed by atoms with Gasteiger partial charge in [-0.2, -0.15) is 0 Å². The zero-order chi connectivity index (χ0) is 27.0. The Kier molecular flexibility index (Phi) is 9.97. The fraction of sp³-hybridized carbons (Fsp3) is 0.259. The molecule has 0 saturated heterocycles. The summed E-state index contributed by atoms with van der Waals surface area (Å²) in [6.45, 7) is 3.59. The number of likely N-dealkylation sites (N-methyl/N-ethyl adjacent to an activating group) is 1. The quantitative estimate of drug-likeness (QED) is 0.351. The fourth-order valence-electron chi connectivity index (χ4n) is 3.85. The number of anilines is 1. The van der Waals surface area contributed by atoms with Crippen LogP contribution in [0.25, 0.3) is 0 Å². The Balaban J connectivity index is 2.03. The highest BCUT2D eigenvalue weighted by Gasteiger charge is 2.33. The molecule has 0 heterocycles. The standard InChI is InChI=1S/C27H29Cl2N3O4S/c1-3-25(27(34)30-4-2)31(18-20-10-12-21(28)13-11-20)26(33)19-32(23-16-14-22(29)15-17-23)37(35,36)24-8-6-5-7-9-24/h5-17,25H,3-4,18-19H2,1-2H3,(H,30,34)/t25-/m0/s1. The van der Waals surface area contributed by atoms with Crippen LogP contribution in [0.5, 0.6) is 0 Å². The lowest BCUT2D eigenvalue weighted by Gasteiger charge is -2.33. The first-order valence-electron chi connectivity index (χ1n) is 11.8. The van der Waals surface area contributed by atoms with Crippen molar-refractivity contribution in [1.82, 2.24) is 10.2 Å². The molecule has 37 heavy (non-hydrogen) atoms. The van der Waals surface area contributed by atoms with Crippen molar-refractivity contribution in [2.24, 2.45) is 0 Å². The number of nitrogens with one attached hydrogen (secondary N) is 1. The van der Waals surface area contributed by atoms with Gasteiger partial charge in [-0.1, -0.05) is 60.5 Å². The topological polar surface area (TPSA) is 86.8 Å². The van der Waals surface area contributed by atoms with E-state index in [1.54, 1.807) is 80.6 Å². The number of sulfonamides is 1. The Morgan fingerprint density at radius 2 is 1.43 bits per heavy atom. The minimum atomic E-state index is -4.11. The van der Waals surface area contributed by atoms with Crippen LogP contribution in [0.1, 0.15) is 25.8 Å². The number of hydrogen-bond acceptors (Lipinski definition) is 4. The van der Waals surface area contributed by atoms with Crippen LogP contribution in [-0.2, 0) is 26.2 Å². The van der Waals surface area contributed by atoms with Crippen LogP contribution in [0, 0.1) is 0 Å². The van der Waals surface area contributed by atoms with Gasteiger partial charge in [0.15, 0.2) is 0 Å². The monoisotopic (exact) mass is 561 g/mol. The van der Waals surface area contributed by atoms with Crippen molar-refractivity contribution in [3.05, 3.63) is 94.5 Å². The summed E-state index contributed by atoms with van der Waals surface area (Å²) in [6.07, 6.45) is 0.345. The molecule has 0 aliphatic heterocycles. The molecular formula is C27H29Cl2N3O4S. The van der Waals surface area contributed by atoms with Gasteiger partial charge in [0.1, 0.15) is 12.6 Å². The summed E-state index contributed by atoms with van der Waals surface area (Å²) in [5, 5.41) is 3.74. The number of carbonyl (C=O) groups excluding carboxylic acids is 2. The lowest BCUT2D eigenvalue weighted by molar-refractivity contribution is -0.140. The van der Waals surface area contributed by atoms with E-state index in [4.69, 9.17) is 23.2 Å². The zero-order valence-electron chi connectivity index (χ0n) is 20.6. The third kappa shape index (κ3) is 7.25. The molecule has 1 N–H and O–H groups in total. The van der Waals surface area contributed by atoms with Gasteiger partial charge in [0.25, 0.3) is 10.0 Å². The number of halogens is 2. The van der Waals surface area contributed by atoms with E-state index in [1.807, 2.05) is 0 Å². The molecule has 0 bridgehead atoms. The van der Waals surface area contributed by atoms with Crippen molar-refractivity contribution in [1.29, 1.82) is 0 Å². The molecule has 1 atom stereocenters. The summed E-state index contributed by atoms with van der Waals surface area (Å²) in [6, 6.07) is 20.2. The van der Waals surface area contributed by atoms with Crippen molar-refractivity contribution in [3.8, 4) is 0 Å². The number of carbonyl (C=O) groups is 2. The van der Waals surface area contributed by atoms with Crippen molar-refractivity contribution in [3.63, 3.8) is 0 Å². The van der Waals surface area contributed by atoms with Gasteiger partial charge in [0.05, 0.1) is 10.6 Å². The molecule has 3 aromatic rings. The number of hydrogen-bond donors (Lipinski definition) is 1. The van der Waals surface area contributed by atoms with Crippen molar-refractivity contribution >= 4 is 50.7 Å². The van der Waals surface area contributed by atoms with Crippen LogP contribution in [-0.4, -0.2) is 44.3 Å². The Labute approximate surface area is 228 Å². The average molecular weight is 563 g/mol. The van der Waals surface area contributed by atoms with E-state index in [9.17, 15) is 18.0 Å². The third-order valence-electron chi connectivity index (χ3n) is 5.73. The van der Waals surface area contributed by atoms with Gasteiger partial charge in [0.2, 0.25) is 11.8 Å². The molecule has 0 aliphatic rings. The molecule has 196 valence electrons. The summed E-state index contributed by atoms with van der Waals surface area (Å²) in [4.78, 5) is 28.2. The fourth-order valence-corrected chi connectivity index (χ4v) is 5.54. The van der Waals surface area contributed by atoms with Gasteiger partial charge in [-0.05, 0) is 67.4 Å². The van der Waals surface area contributed by atoms with E-state index in [2.05, 4.69) is 5.32 Å². The molecule has 7 nitrogen and oxygen atoms in total. The summed E-state index contributed by atoms with van der Waals surface area (Å²) in [5.74, 6) is -0.834. The highest BCUT2D eigenvalue weighted by atomic mass is 35.5. The van der Waals surface area contributed by atoms with Crippen LogP contribution in [0.15, 0.2) is 83.8 Å². The molecule has 0 aromatic heterocycles. The van der Waals surface area contributed by atoms with Crippen LogP contribution < -0.4 is 9.62 Å². The zero-order valence-corrected chi connectivity index (χ0v) is 22.9. The maximum Gasteiger partial charge on any atom is 0.264 e. The van der Waals surface area contributed by atoms with Crippen molar-refractivity contribution in [2.45, 2.75) is 37.8 Å². The van der Waals surface area contributed by atoms with Gasteiger partial charge >= 0.3 is 0 Å². The normalized spacial score (nSPS) is 12.0. The van der Waals surface area contributed by atoms with Gasteiger partial charge in [-0.25, -0.2) is 8.42 Å². The first-order valence-corrected chi connectivity index (χ1v) is 14.0. The molecule has 3 rings (SSSR count). The maximum absolute atomic E-state index is 13.8. The SMILES string of the molecule is CCNC(=O)[C@H](CC)N(Cc1ccc(Cl)cc1)C(=O)CN(c1ccc(Cl)cc1)S(=O)(=O)c1ccccc1.